The lowest BCUT2D eigenvalue weighted by Gasteiger charge is -2.31. The van der Waals surface area contributed by atoms with Crippen LogP contribution in [-0.2, 0) is 4.74 Å². The van der Waals surface area contributed by atoms with E-state index in [2.05, 4.69) is 256 Å². The molecule has 0 spiro atoms. The molecule has 3 aliphatic rings. The van der Waals surface area contributed by atoms with Crippen LogP contribution in [0.5, 0.6) is 0 Å². The zero-order valence-electron chi connectivity index (χ0n) is 41.3. The summed E-state index contributed by atoms with van der Waals surface area (Å²) in [7, 11) is 0. The minimum atomic E-state index is -0.361. The molecule has 5 aromatic heterocycles. The molecule has 13 aromatic rings. The van der Waals surface area contributed by atoms with Crippen molar-refractivity contribution < 1.29 is 4.74 Å². The van der Waals surface area contributed by atoms with Gasteiger partial charge in [-0.1, -0.05) is 194 Å². The number of fused-ring (bicyclic) bond motifs is 11. The summed E-state index contributed by atoms with van der Waals surface area (Å²) in [6.07, 6.45) is 12.8. The van der Waals surface area contributed by atoms with Gasteiger partial charge >= 0.3 is 0 Å². The maximum absolute atomic E-state index is 7.33. The van der Waals surface area contributed by atoms with Crippen LogP contribution in [0.4, 0.5) is 0 Å². The minimum Gasteiger partial charge on any atom is -0.484 e. The summed E-state index contributed by atoms with van der Waals surface area (Å²) in [5, 5.41) is 6.84. The molecular weight excluding hydrogens is 929 g/mol. The van der Waals surface area contributed by atoms with Crippen LogP contribution in [0, 0.1) is 0 Å². The number of rotatable bonds is 7. The Labute approximate surface area is 437 Å². The van der Waals surface area contributed by atoms with Crippen molar-refractivity contribution in [3.63, 3.8) is 0 Å². The highest BCUT2D eigenvalue weighted by atomic mass is 16.5. The van der Waals surface area contributed by atoms with Gasteiger partial charge in [-0.2, -0.15) is 0 Å². The van der Waals surface area contributed by atoms with E-state index in [1.54, 1.807) is 0 Å². The van der Waals surface area contributed by atoms with E-state index in [0.717, 1.165) is 135 Å². The fourth-order valence-electron chi connectivity index (χ4n) is 12.7. The summed E-state index contributed by atoms with van der Waals surface area (Å²) in [6, 6.07) is 75.7. The molecule has 2 atom stereocenters. The molecule has 0 fully saturated rings. The van der Waals surface area contributed by atoms with Crippen LogP contribution in [0.1, 0.15) is 24.3 Å². The molecule has 2 aliphatic carbocycles. The number of allylic oxidation sites excluding steroid dienone is 4. The number of nitrogens with zero attached hydrogens (tertiary/aromatic N) is 6. The molecule has 0 bridgehead atoms. The number of pyridine rings is 1. The Morgan fingerprint density at radius 2 is 0.882 bits per heavy atom. The standard InChI is InChI=1S/C69H46N6O/c1-3-22-43(23-4-1)54-42-55(44-24-5-2-6-25-44)71-67(70-54)64-63(53-34-21-33-52-51-32-13-20-41-62(51)76-66(52)53)68(74-58-37-16-9-28-47(58)48-29-10-17-38-59(48)74)72-69(75-60-39-18-11-30-49(60)50-31-12-19-40-61(50)75)65(64)73-56-35-14-7-26-45(56)46-27-8-15-36-57(46)73/h1-12,14-31,33-42,53,66H,13,32H2. The lowest BCUT2D eigenvalue weighted by atomic mass is 9.80. The van der Waals surface area contributed by atoms with Gasteiger partial charge in [0, 0.05) is 66.1 Å². The zero-order valence-corrected chi connectivity index (χ0v) is 41.3. The Hall–Kier alpha value is -9.85. The fraction of sp³-hybridized carbons (Fsp3) is 0.0580. The van der Waals surface area contributed by atoms with Crippen molar-refractivity contribution in [2.75, 3.05) is 0 Å². The molecule has 0 saturated heterocycles. The van der Waals surface area contributed by atoms with Gasteiger partial charge < -0.3 is 9.30 Å². The van der Waals surface area contributed by atoms with Gasteiger partial charge in [-0.15, -0.1) is 0 Å². The maximum Gasteiger partial charge on any atom is 0.165 e. The third kappa shape index (κ3) is 6.32. The van der Waals surface area contributed by atoms with Gasteiger partial charge in [0.25, 0.3) is 0 Å². The molecular formula is C69H46N6O. The number of aromatic nitrogens is 6. The first kappa shape index (κ1) is 42.6. The lowest BCUT2D eigenvalue weighted by molar-refractivity contribution is 0.162. The lowest BCUT2D eigenvalue weighted by Crippen LogP contribution is -2.25. The number of benzene rings is 8. The summed E-state index contributed by atoms with van der Waals surface area (Å²) in [4.78, 5) is 18.1. The predicted octanol–water partition coefficient (Wildman–Crippen LogP) is 16.7. The molecule has 2 unspecified atom stereocenters. The van der Waals surface area contributed by atoms with Crippen LogP contribution in [0.3, 0.4) is 0 Å². The second-order valence-electron chi connectivity index (χ2n) is 20.1. The summed E-state index contributed by atoms with van der Waals surface area (Å²) < 4.78 is 14.6. The molecule has 358 valence electrons. The van der Waals surface area contributed by atoms with Crippen molar-refractivity contribution in [1.29, 1.82) is 0 Å². The van der Waals surface area contributed by atoms with Gasteiger partial charge in [-0.3, -0.25) is 9.13 Å². The molecule has 1 aliphatic heterocycles. The molecule has 0 radical (unpaired) electrons. The van der Waals surface area contributed by atoms with E-state index < -0.39 is 0 Å². The summed E-state index contributed by atoms with van der Waals surface area (Å²) in [5.41, 5.74) is 15.1. The normalized spacial score (nSPS) is 16.1. The monoisotopic (exact) mass is 974 g/mol. The average Bonchev–Trinajstić information content (AvgIpc) is 4.25. The van der Waals surface area contributed by atoms with Crippen LogP contribution in [-0.4, -0.2) is 34.8 Å². The number of hydrogen-bond donors (Lipinski definition) is 0. The largest absolute Gasteiger partial charge is 0.484 e. The van der Waals surface area contributed by atoms with Gasteiger partial charge in [0.2, 0.25) is 0 Å². The maximum atomic E-state index is 7.33. The quantitative estimate of drug-likeness (QED) is 0.160. The second kappa shape index (κ2) is 16.8. The first-order valence-electron chi connectivity index (χ1n) is 26.2. The number of hydrogen-bond acceptors (Lipinski definition) is 4. The van der Waals surface area contributed by atoms with Crippen molar-refractivity contribution in [2.24, 2.45) is 0 Å². The molecule has 76 heavy (non-hydrogen) atoms. The van der Waals surface area contributed by atoms with Crippen LogP contribution in [0.15, 0.2) is 260 Å². The highest BCUT2D eigenvalue weighted by Crippen LogP contribution is 2.52. The van der Waals surface area contributed by atoms with E-state index in [4.69, 9.17) is 19.7 Å². The zero-order chi connectivity index (χ0) is 49.8. The molecule has 0 N–H and O–H groups in total. The van der Waals surface area contributed by atoms with Crippen LogP contribution < -0.4 is 0 Å². The molecule has 6 heterocycles. The highest BCUT2D eigenvalue weighted by Gasteiger charge is 2.43. The molecule has 0 saturated carbocycles. The van der Waals surface area contributed by atoms with Crippen molar-refractivity contribution in [1.82, 2.24) is 28.7 Å². The summed E-state index contributed by atoms with van der Waals surface area (Å²) >= 11 is 0. The Bertz CT molecular complexity index is 4470. The van der Waals surface area contributed by atoms with Crippen LogP contribution in [0.25, 0.3) is 117 Å². The SMILES string of the molecule is C1=CC(c2c(-n3c4ccccc4c4ccccc43)nc(-n3c4ccccc4c4ccccc43)c(-n3c4ccccc4c4ccccc43)c2-c2nc(-c3ccccc3)cc(-c3ccccc3)n2)C2OC3=C(CCC=C3)C2=C1. The number of para-hydroxylation sites is 6. The molecule has 7 nitrogen and oxygen atoms in total. The average molecular weight is 975 g/mol. The molecule has 8 aromatic carbocycles. The van der Waals surface area contributed by atoms with Gasteiger partial charge in [0.15, 0.2) is 11.6 Å². The smallest absolute Gasteiger partial charge is 0.165 e. The van der Waals surface area contributed by atoms with Crippen molar-refractivity contribution in [3.8, 4) is 51.2 Å². The highest BCUT2D eigenvalue weighted by molar-refractivity contribution is 6.13. The Balaban J connectivity index is 1.18. The fourth-order valence-corrected chi connectivity index (χ4v) is 12.7. The van der Waals surface area contributed by atoms with Crippen LogP contribution in [0.2, 0.25) is 0 Å². The third-order valence-corrected chi connectivity index (χ3v) is 15.9. The van der Waals surface area contributed by atoms with E-state index in [9.17, 15) is 0 Å². The summed E-state index contributed by atoms with van der Waals surface area (Å²) in [5.74, 6) is 2.70. The molecule has 0 amide bonds. The predicted molar refractivity (Wildman–Crippen MR) is 309 cm³/mol. The van der Waals surface area contributed by atoms with E-state index in [1.807, 2.05) is 0 Å². The molecule has 7 heteroatoms. The van der Waals surface area contributed by atoms with E-state index >= 15 is 0 Å². The Morgan fingerprint density at radius 1 is 0.447 bits per heavy atom. The van der Waals surface area contributed by atoms with E-state index in [-0.39, 0.29) is 12.0 Å². The second-order valence-corrected chi connectivity index (χ2v) is 20.1. The van der Waals surface area contributed by atoms with Gasteiger partial charge in [0.05, 0.1) is 50.1 Å². The van der Waals surface area contributed by atoms with Gasteiger partial charge in [-0.05, 0) is 61.4 Å². The number of ether oxygens (including phenoxy) is 1. The van der Waals surface area contributed by atoms with Crippen LogP contribution >= 0.6 is 0 Å². The summed E-state index contributed by atoms with van der Waals surface area (Å²) in [6.45, 7) is 0. The van der Waals surface area contributed by atoms with Gasteiger partial charge in [-0.25, -0.2) is 15.0 Å². The third-order valence-electron chi connectivity index (χ3n) is 15.9. The molecule has 16 rings (SSSR count). The van der Waals surface area contributed by atoms with Crippen molar-refractivity contribution in [3.05, 3.63) is 265 Å². The van der Waals surface area contributed by atoms with Gasteiger partial charge in [0.1, 0.15) is 23.4 Å². The van der Waals surface area contributed by atoms with Crippen molar-refractivity contribution >= 4 is 65.4 Å². The first-order chi connectivity index (χ1) is 37.7. The van der Waals surface area contributed by atoms with E-state index in [0.29, 0.717) is 5.82 Å². The Kier molecular flexibility index (Phi) is 9.45. The van der Waals surface area contributed by atoms with E-state index in [1.165, 1.54) is 11.1 Å². The Morgan fingerprint density at radius 3 is 1.37 bits per heavy atom. The first-order valence-corrected chi connectivity index (χ1v) is 26.2. The minimum absolute atomic E-state index is 0.360. The van der Waals surface area contributed by atoms with Crippen molar-refractivity contribution in [2.45, 2.75) is 24.9 Å². The topological polar surface area (TPSA) is 62.7 Å².